The van der Waals surface area contributed by atoms with Gasteiger partial charge in [0.25, 0.3) is 17.7 Å². The molecular formula is C23H24FN5O6S. The summed E-state index contributed by atoms with van der Waals surface area (Å²) in [6.07, 6.45) is 0. The maximum Gasteiger partial charge on any atom is 0.325 e. The van der Waals surface area contributed by atoms with Gasteiger partial charge >= 0.3 is 5.97 Å². The van der Waals surface area contributed by atoms with Gasteiger partial charge in [-0.05, 0) is 55.2 Å². The summed E-state index contributed by atoms with van der Waals surface area (Å²) < 4.78 is 27.9. The number of nitrogens with one attached hydrogen (secondary N) is 1. The second-order valence-electron chi connectivity index (χ2n) is 7.57. The van der Waals surface area contributed by atoms with Crippen LogP contribution in [0.15, 0.2) is 40.8 Å². The van der Waals surface area contributed by atoms with Gasteiger partial charge in [0.15, 0.2) is 11.7 Å². The van der Waals surface area contributed by atoms with Crippen LogP contribution in [-0.4, -0.2) is 46.1 Å². The Bertz CT molecular complexity index is 1270. The minimum absolute atomic E-state index is 0.0996. The fraction of sp³-hybridized carbons (Fsp3) is 0.261. The lowest BCUT2D eigenvalue weighted by atomic mass is 10.1. The van der Waals surface area contributed by atoms with E-state index in [2.05, 4.69) is 9.69 Å². The van der Waals surface area contributed by atoms with E-state index in [-0.39, 0.29) is 35.2 Å². The van der Waals surface area contributed by atoms with Crippen molar-refractivity contribution in [1.29, 1.82) is 0 Å². The maximum atomic E-state index is 13.7. The van der Waals surface area contributed by atoms with E-state index in [0.717, 1.165) is 4.90 Å². The van der Waals surface area contributed by atoms with E-state index in [1.54, 1.807) is 19.9 Å². The van der Waals surface area contributed by atoms with Crippen LogP contribution >= 0.6 is 11.5 Å². The number of amides is 3. The monoisotopic (exact) mass is 517 g/mol. The van der Waals surface area contributed by atoms with Crippen molar-refractivity contribution < 1.29 is 32.7 Å². The summed E-state index contributed by atoms with van der Waals surface area (Å²) in [5, 5.41) is 2.45. The van der Waals surface area contributed by atoms with Gasteiger partial charge in [0.1, 0.15) is 28.8 Å². The number of nitrogens with two attached hydrogens (primary N) is 2. The second-order valence-corrected chi connectivity index (χ2v) is 8.34. The molecule has 0 aliphatic heterocycles. The molecule has 1 aromatic carbocycles. The van der Waals surface area contributed by atoms with Crippen LogP contribution in [0.4, 0.5) is 10.1 Å². The van der Waals surface area contributed by atoms with Crippen LogP contribution in [0.1, 0.15) is 50.2 Å². The molecule has 11 nitrogen and oxygen atoms in total. The SMILES string of the molecule is CCOC(=O)CNC(=O)C(c1ccc(C)o1)N(Cc1ccc(F)cc1)C(=O)c1snc(C(N)=O)c1N. The molecule has 0 saturated heterocycles. The number of halogens is 1. The summed E-state index contributed by atoms with van der Waals surface area (Å²) in [6.45, 7) is 2.77. The Morgan fingerprint density at radius 1 is 1.19 bits per heavy atom. The maximum absolute atomic E-state index is 13.7. The van der Waals surface area contributed by atoms with E-state index < -0.39 is 42.1 Å². The highest BCUT2D eigenvalue weighted by molar-refractivity contribution is 7.09. The van der Waals surface area contributed by atoms with Crippen LogP contribution < -0.4 is 16.8 Å². The van der Waals surface area contributed by atoms with Crippen molar-refractivity contribution in [2.45, 2.75) is 26.4 Å². The molecule has 3 amide bonds. The van der Waals surface area contributed by atoms with Crippen LogP contribution in [0.25, 0.3) is 0 Å². The number of primary amides is 1. The van der Waals surface area contributed by atoms with Gasteiger partial charge in [0.2, 0.25) is 0 Å². The number of esters is 1. The zero-order chi connectivity index (χ0) is 26.4. The molecule has 3 rings (SSSR count). The zero-order valence-corrected chi connectivity index (χ0v) is 20.3. The number of carbonyl (C=O) groups excluding carboxylic acids is 4. The first-order valence-electron chi connectivity index (χ1n) is 10.7. The van der Waals surface area contributed by atoms with Crippen molar-refractivity contribution >= 4 is 40.9 Å². The van der Waals surface area contributed by atoms with Crippen LogP contribution in [0.2, 0.25) is 0 Å². The summed E-state index contributed by atoms with van der Waals surface area (Å²) in [5.74, 6) is -3.01. The first-order valence-corrected chi connectivity index (χ1v) is 11.5. The molecule has 0 bridgehead atoms. The number of hydrogen-bond donors (Lipinski definition) is 3. The molecule has 0 fully saturated rings. The van der Waals surface area contributed by atoms with Crippen LogP contribution in [0, 0.1) is 12.7 Å². The van der Waals surface area contributed by atoms with Gasteiger partial charge in [-0.3, -0.25) is 19.2 Å². The highest BCUT2D eigenvalue weighted by Gasteiger charge is 2.37. The molecule has 0 radical (unpaired) electrons. The number of furan rings is 1. The summed E-state index contributed by atoms with van der Waals surface area (Å²) in [5.41, 5.74) is 11.2. The molecule has 0 saturated carbocycles. The molecule has 190 valence electrons. The largest absolute Gasteiger partial charge is 0.465 e. The van der Waals surface area contributed by atoms with Crippen molar-refractivity contribution in [2.24, 2.45) is 5.73 Å². The molecule has 1 unspecified atom stereocenters. The van der Waals surface area contributed by atoms with Crippen molar-refractivity contribution in [1.82, 2.24) is 14.6 Å². The van der Waals surface area contributed by atoms with Gasteiger partial charge in [-0.15, -0.1) is 0 Å². The van der Waals surface area contributed by atoms with Crippen molar-refractivity contribution in [3.8, 4) is 0 Å². The predicted octanol–water partition coefficient (Wildman–Crippen LogP) is 1.93. The van der Waals surface area contributed by atoms with Gasteiger partial charge in [-0.2, -0.15) is 4.37 Å². The van der Waals surface area contributed by atoms with Crippen molar-refractivity contribution in [3.63, 3.8) is 0 Å². The van der Waals surface area contributed by atoms with Gasteiger partial charge < -0.3 is 30.8 Å². The molecule has 0 spiro atoms. The highest BCUT2D eigenvalue weighted by Crippen LogP contribution is 2.31. The Kier molecular flexibility index (Phi) is 8.38. The number of benzene rings is 1. The number of hydrogen-bond acceptors (Lipinski definition) is 9. The number of nitrogen functional groups attached to an aromatic ring is 1. The van der Waals surface area contributed by atoms with Gasteiger partial charge in [-0.1, -0.05) is 12.1 Å². The van der Waals surface area contributed by atoms with Crippen molar-refractivity contribution in [3.05, 3.63) is 69.9 Å². The lowest BCUT2D eigenvalue weighted by Crippen LogP contribution is -2.44. The second kappa shape index (κ2) is 11.4. The Labute approximate surface area is 209 Å². The fourth-order valence-corrected chi connectivity index (χ4v) is 4.08. The number of anilines is 1. The van der Waals surface area contributed by atoms with E-state index in [4.69, 9.17) is 20.6 Å². The molecule has 2 heterocycles. The van der Waals surface area contributed by atoms with Crippen LogP contribution in [-0.2, 0) is 20.9 Å². The minimum atomic E-state index is -1.37. The van der Waals surface area contributed by atoms with Crippen LogP contribution in [0.3, 0.4) is 0 Å². The average Bonchev–Trinajstić information content (AvgIpc) is 3.43. The number of rotatable bonds is 10. The lowest BCUT2D eigenvalue weighted by Gasteiger charge is -2.29. The first kappa shape index (κ1) is 26.3. The lowest BCUT2D eigenvalue weighted by molar-refractivity contribution is -0.144. The number of ether oxygens (including phenoxy) is 1. The molecule has 36 heavy (non-hydrogen) atoms. The third-order valence-corrected chi connectivity index (χ3v) is 5.84. The summed E-state index contributed by atoms with van der Waals surface area (Å²) in [6, 6.07) is 7.05. The number of aryl methyl sites for hydroxylation is 1. The summed E-state index contributed by atoms with van der Waals surface area (Å²) in [4.78, 5) is 51.5. The fourth-order valence-electron chi connectivity index (χ4n) is 3.32. The molecule has 0 aliphatic rings. The highest BCUT2D eigenvalue weighted by atomic mass is 32.1. The third-order valence-electron chi connectivity index (χ3n) is 4.99. The molecular weight excluding hydrogens is 493 g/mol. The van der Waals surface area contributed by atoms with Gasteiger partial charge in [0, 0.05) is 6.54 Å². The number of nitrogens with zero attached hydrogens (tertiary/aromatic N) is 2. The van der Waals surface area contributed by atoms with E-state index in [9.17, 15) is 23.6 Å². The summed E-state index contributed by atoms with van der Waals surface area (Å²) >= 11 is 0.645. The summed E-state index contributed by atoms with van der Waals surface area (Å²) in [7, 11) is 0. The molecule has 1 atom stereocenters. The Morgan fingerprint density at radius 2 is 1.89 bits per heavy atom. The van der Waals surface area contributed by atoms with Crippen LogP contribution in [0.5, 0.6) is 0 Å². The third kappa shape index (κ3) is 6.05. The normalized spacial score (nSPS) is 11.5. The Hall–Kier alpha value is -4.26. The van der Waals surface area contributed by atoms with E-state index in [1.165, 1.54) is 30.3 Å². The smallest absolute Gasteiger partial charge is 0.325 e. The quantitative estimate of drug-likeness (QED) is 0.342. The molecule has 0 aliphatic carbocycles. The topological polar surface area (TPSA) is 171 Å². The van der Waals surface area contributed by atoms with E-state index in [1.807, 2.05) is 0 Å². The average molecular weight is 518 g/mol. The number of carbonyl (C=O) groups is 4. The molecule has 13 heteroatoms. The van der Waals surface area contributed by atoms with E-state index >= 15 is 0 Å². The standard InChI is InChI=1S/C23H24FN5O6S/c1-3-34-16(30)10-27-22(32)19(15-9-4-12(2)35-15)29(11-13-5-7-14(24)8-6-13)23(33)20-17(25)18(21(26)31)28-36-20/h4-9,19H,3,10-11,25H2,1-2H3,(H2,26,31)(H,27,32). The van der Waals surface area contributed by atoms with Gasteiger partial charge in [0.05, 0.1) is 12.3 Å². The molecule has 5 N–H and O–H groups in total. The predicted molar refractivity (Wildman–Crippen MR) is 127 cm³/mol. The molecule has 3 aromatic rings. The Balaban J connectivity index is 2.06. The van der Waals surface area contributed by atoms with Gasteiger partial charge in [-0.25, -0.2) is 4.39 Å². The molecule has 2 aromatic heterocycles. The number of aromatic nitrogens is 1. The first-order chi connectivity index (χ1) is 17.1. The minimum Gasteiger partial charge on any atom is -0.465 e. The van der Waals surface area contributed by atoms with E-state index in [0.29, 0.717) is 22.9 Å². The van der Waals surface area contributed by atoms with Crippen molar-refractivity contribution in [2.75, 3.05) is 18.9 Å². The Morgan fingerprint density at radius 3 is 2.44 bits per heavy atom. The zero-order valence-electron chi connectivity index (χ0n) is 19.4.